The lowest BCUT2D eigenvalue weighted by molar-refractivity contribution is -0.393. The van der Waals surface area contributed by atoms with Gasteiger partial charge in [0.05, 0.1) is 15.9 Å². The quantitative estimate of drug-likeness (QED) is 0.450. The summed E-state index contributed by atoms with van der Waals surface area (Å²) in [7, 11) is 0. The summed E-state index contributed by atoms with van der Waals surface area (Å²) in [6.45, 7) is 1.02. The van der Waals surface area contributed by atoms with Gasteiger partial charge in [-0.15, -0.1) is 0 Å². The predicted molar refractivity (Wildman–Crippen MR) is 62.2 cm³/mol. The van der Waals surface area contributed by atoms with Gasteiger partial charge in [0.1, 0.15) is 5.69 Å². The standard InChI is InChI=1S/C9H8N4O6/c1-5(14)9(15)11-10-7-3-2-6(12(16)17)4-8(7)13(18)19/h2-4,10H,1H3,(H,11,15). The molecule has 1 aromatic rings. The molecule has 0 atom stereocenters. The van der Waals surface area contributed by atoms with Crippen LogP contribution in [0.3, 0.4) is 0 Å². The van der Waals surface area contributed by atoms with Crippen molar-refractivity contribution in [3.05, 3.63) is 38.4 Å². The van der Waals surface area contributed by atoms with E-state index in [1.54, 1.807) is 0 Å². The van der Waals surface area contributed by atoms with E-state index >= 15 is 0 Å². The largest absolute Gasteiger partial charge is 0.305 e. The second kappa shape index (κ2) is 5.53. The van der Waals surface area contributed by atoms with Crippen LogP contribution in [0.5, 0.6) is 0 Å². The summed E-state index contributed by atoms with van der Waals surface area (Å²) >= 11 is 0. The average molecular weight is 268 g/mol. The molecule has 2 N–H and O–H groups in total. The van der Waals surface area contributed by atoms with Gasteiger partial charge in [0.25, 0.3) is 5.69 Å². The molecule has 19 heavy (non-hydrogen) atoms. The summed E-state index contributed by atoms with van der Waals surface area (Å²) in [5.41, 5.74) is 2.85. The fourth-order valence-corrected chi connectivity index (χ4v) is 1.10. The van der Waals surface area contributed by atoms with E-state index in [9.17, 15) is 29.8 Å². The zero-order chi connectivity index (χ0) is 14.6. The summed E-state index contributed by atoms with van der Waals surface area (Å²) in [6, 6.07) is 2.81. The van der Waals surface area contributed by atoms with Crippen molar-refractivity contribution in [2.75, 3.05) is 5.43 Å². The molecule has 1 amide bonds. The highest BCUT2D eigenvalue weighted by molar-refractivity contribution is 6.35. The van der Waals surface area contributed by atoms with Crippen LogP contribution < -0.4 is 10.9 Å². The highest BCUT2D eigenvalue weighted by atomic mass is 16.6. The molecule has 100 valence electrons. The molecular weight excluding hydrogens is 260 g/mol. The van der Waals surface area contributed by atoms with Gasteiger partial charge < -0.3 is 0 Å². The van der Waals surface area contributed by atoms with E-state index in [1.807, 2.05) is 5.43 Å². The number of carbonyl (C=O) groups excluding carboxylic acids is 2. The fraction of sp³-hybridized carbons (Fsp3) is 0.111. The molecule has 0 unspecified atom stereocenters. The summed E-state index contributed by atoms with van der Waals surface area (Å²) in [6.07, 6.45) is 0. The number of nitro groups is 2. The van der Waals surface area contributed by atoms with Crippen molar-refractivity contribution in [2.24, 2.45) is 0 Å². The number of carbonyl (C=O) groups is 2. The molecule has 0 aliphatic heterocycles. The third kappa shape index (κ3) is 3.46. The number of nitrogens with zero attached hydrogens (tertiary/aromatic N) is 2. The third-order valence-electron chi connectivity index (χ3n) is 2.02. The van der Waals surface area contributed by atoms with Crippen LogP contribution in [0.1, 0.15) is 6.92 Å². The number of anilines is 1. The molecule has 1 aromatic carbocycles. The Morgan fingerprint density at radius 1 is 1.16 bits per heavy atom. The number of benzene rings is 1. The van der Waals surface area contributed by atoms with Crippen LogP contribution in [0.25, 0.3) is 0 Å². The zero-order valence-electron chi connectivity index (χ0n) is 9.58. The maximum absolute atomic E-state index is 11.0. The average Bonchev–Trinajstić information content (AvgIpc) is 2.35. The molecule has 10 nitrogen and oxygen atoms in total. The number of hydrogen-bond donors (Lipinski definition) is 2. The molecule has 0 spiro atoms. The van der Waals surface area contributed by atoms with Crippen molar-refractivity contribution >= 4 is 28.8 Å². The van der Waals surface area contributed by atoms with Crippen molar-refractivity contribution in [3.63, 3.8) is 0 Å². The molecule has 0 aliphatic carbocycles. The van der Waals surface area contributed by atoms with Gasteiger partial charge in [-0.25, -0.2) is 0 Å². The first-order chi connectivity index (χ1) is 8.82. The van der Waals surface area contributed by atoms with Crippen molar-refractivity contribution < 1.29 is 19.4 Å². The van der Waals surface area contributed by atoms with E-state index in [-0.39, 0.29) is 5.69 Å². The summed E-state index contributed by atoms with van der Waals surface area (Å²) in [5.74, 6) is -1.79. The van der Waals surface area contributed by atoms with Crippen molar-refractivity contribution in [1.29, 1.82) is 0 Å². The van der Waals surface area contributed by atoms with Crippen LogP contribution in [-0.2, 0) is 9.59 Å². The second-order valence-electron chi connectivity index (χ2n) is 3.35. The SMILES string of the molecule is CC(=O)C(=O)NNc1ccc([N+](=O)[O-])cc1[N+](=O)[O-]. The predicted octanol–water partition coefficient (Wildman–Crippen LogP) is 0.535. The molecule has 0 saturated carbocycles. The van der Waals surface area contributed by atoms with Gasteiger partial charge >= 0.3 is 11.6 Å². The number of hydrogen-bond acceptors (Lipinski definition) is 7. The van der Waals surface area contributed by atoms with Gasteiger partial charge in [-0.2, -0.15) is 0 Å². The molecule has 0 bridgehead atoms. The van der Waals surface area contributed by atoms with E-state index in [0.29, 0.717) is 0 Å². The minimum absolute atomic E-state index is 0.176. The van der Waals surface area contributed by atoms with E-state index in [0.717, 1.165) is 25.1 Å². The number of Topliss-reactive ketones (excluding diaryl/α,β-unsaturated/α-hetero) is 1. The molecule has 0 fully saturated rings. The Morgan fingerprint density at radius 3 is 2.26 bits per heavy atom. The Bertz CT molecular complexity index is 570. The summed E-state index contributed by atoms with van der Waals surface area (Å²) in [5, 5.41) is 21.2. The third-order valence-corrected chi connectivity index (χ3v) is 2.02. The number of hydrazine groups is 1. The van der Waals surface area contributed by atoms with E-state index < -0.39 is 32.9 Å². The number of nitro benzene ring substituents is 2. The Hall–Kier alpha value is -3.04. The molecule has 1 rings (SSSR count). The first-order valence-corrected chi connectivity index (χ1v) is 4.82. The van der Waals surface area contributed by atoms with E-state index in [1.165, 1.54) is 0 Å². The van der Waals surface area contributed by atoms with Crippen LogP contribution in [0.15, 0.2) is 18.2 Å². The number of ketones is 1. The topological polar surface area (TPSA) is 144 Å². The van der Waals surface area contributed by atoms with Gasteiger partial charge in [0.15, 0.2) is 0 Å². The van der Waals surface area contributed by atoms with Crippen LogP contribution in [0, 0.1) is 20.2 Å². The summed E-state index contributed by atoms with van der Waals surface area (Å²) < 4.78 is 0. The number of amides is 1. The Balaban J connectivity index is 3.01. The highest BCUT2D eigenvalue weighted by Crippen LogP contribution is 2.28. The maximum Gasteiger partial charge on any atom is 0.305 e. The zero-order valence-corrected chi connectivity index (χ0v) is 9.58. The number of nitrogens with one attached hydrogen (secondary N) is 2. The van der Waals surface area contributed by atoms with Crippen molar-refractivity contribution in [1.82, 2.24) is 5.43 Å². The first-order valence-electron chi connectivity index (χ1n) is 4.82. The normalized spacial score (nSPS) is 9.53. The Labute approximate surface area is 105 Å². The lowest BCUT2D eigenvalue weighted by Crippen LogP contribution is -2.34. The first kappa shape index (κ1) is 14.0. The van der Waals surface area contributed by atoms with Crippen molar-refractivity contribution in [2.45, 2.75) is 6.92 Å². The van der Waals surface area contributed by atoms with Crippen LogP contribution >= 0.6 is 0 Å². The molecule has 0 aromatic heterocycles. The molecule has 0 aliphatic rings. The minimum atomic E-state index is -0.993. The number of rotatable bonds is 5. The molecular formula is C9H8N4O6. The van der Waals surface area contributed by atoms with Crippen molar-refractivity contribution in [3.8, 4) is 0 Å². The fourth-order valence-electron chi connectivity index (χ4n) is 1.10. The minimum Gasteiger partial charge on any atom is -0.292 e. The molecule has 0 saturated heterocycles. The smallest absolute Gasteiger partial charge is 0.292 e. The molecule has 10 heteroatoms. The lowest BCUT2D eigenvalue weighted by atomic mass is 10.2. The van der Waals surface area contributed by atoms with Gasteiger partial charge in [-0.1, -0.05) is 0 Å². The lowest BCUT2D eigenvalue weighted by Gasteiger charge is -2.07. The molecule has 0 heterocycles. The second-order valence-corrected chi connectivity index (χ2v) is 3.35. The monoisotopic (exact) mass is 268 g/mol. The Morgan fingerprint density at radius 2 is 1.79 bits per heavy atom. The van der Waals surface area contributed by atoms with E-state index in [4.69, 9.17) is 0 Å². The van der Waals surface area contributed by atoms with Gasteiger partial charge in [0, 0.05) is 13.0 Å². The van der Waals surface area contributed by atoms with E-state index in [2.05, 4.69) is 5.43 Å². The van der Waals surface area contributed by atoms with Crippen LogP contribution in [0.4, 0.5) is 17.1 Å². The number of non-ortho nitro benzene ring substituents is 1. The molecule has 0 radical (unpaired) electrons. The highest BCUT2D eigenvalue weighted by Gasteiger charge is 2.20. The van der Waals surface area contributed by atoms with Crippen LogP contribution in [-0.4, -0.2) is 21.5 Å². The summed E-state index contributed by atoms with van der Waals surface area (Å²) in [4.78, 5) is 41.2. The van der Waals surface area contributed by atoms with Crippen LogP contribution in [0.2, 0.25) is 0 Å². The van der Waals surface area contributed by atoms with Gasteiger partial charge in [-0.05, 0) is 6.07 Å². The Kier molecular flexibility index (Phi) is 4.08. The maximum atomic E-state index is 11.0. The van der Waals surface area contributed by atoms with Gasteiger partial charge in [0.2, 0.25) is 5.78 Å². The van der Waals surface area contributed by atoms with Gasteiger partial charge in [-0.3, -0.25) is 40.7 Å².